The van der Waals surface area contributed by atoms with Crippen molar-refractivity contribution in [1.29, 1.82) is 0 Å². The number of hydrogen-bond acceptors (Lipinski definition) is 2. The molecule has 132 valence electrons. The number of rotatable bonds is 4. The molecule has 1 aliphatic rings. The Bertz CT molecular complexity index is 871. The molecule has 0 unspecified atom stereocenters. The normalized spacial score (nSPS) is 17.6. The quantitative estimate of drug-likeness (QED) is 0.608. The average Bonchev–Trinajstić information content (AvgIpc) is 3.17. The molecule has 26 heavy (non-hydrogen) atoms. The second-order valence-corrected chi connectivity index (χ2v) is 7.97. The zero-order chi connectivity index (χ0) is 17.9. The van der Waals surface area contributed by atoms with E-state index in [0.717, 1.165) is 13.0 Å². The summed E-state index contributed by atoms with van der Waals surface area (Å²) in [5.41, 5.74) is 3.73. The number of hydrogen-bond donors (Lipinski definition) is 0. The van der Waals surface area contributed by atoms with Crippen LogP contribution in [-0.4, -0.2) is 17.4 Å². The molecule has 0 bridgehead atoms. The number of amides is 1. The van der Waals surface area contributed by atoms with Crippen molar-refractivity contribution in [2.45, 2.75) is 31.7 Å². The van der Waals surface area contributed by atoms with E-state index in [1.54, 1.807) is 0 Å². The molecule has 0 spiro atoms. The lowest BCUT2D eigenvalue weighted by Gasteiger charge is -2.37. The van der Waals surface area contributed by atoms with Gasteiger partial charge in [0, 0.05) is 17.8 Å². The van der Waals surface area contributed by atoms with Crippen LogP contribution in [0, 0.1) is 0 Å². The summed E-state index contributed by atoms with van der Waals surface area (Å²) in [7, 11) is 0. The second kappa shape index (κ2) is 7.46. The fourth-order valence-corrected chi connectivity index (χ4v) is 4.76. The zero-order valence-electron chi connectivity index (χ0n) is 15.0. The largest absolute Gasteiger partial charge is 0.331 e. The molecule has 1 amide bonds. The van der Waals surface area contributed by atoms with E-state index < -0.39 is 0 Å². The Labute approximate surface area is 159 Å². The molecule has 4 rings (SSSR count). The molecular formula is C23H23NOS. The van der Waals surface area contributed by atoms with Gasteiger partial charge in [-0.2, -0.15) is 0 Å². The number of carbonyl (C=O) groups is 1. The minimum absolute atomic E-state index is 0.0432. The Kier molecular flexibility index (Phi) is 4.89. The maximum Gasteiger partial charge on any atom is 0.223 e. The molecule has 2 nitrogen and oxygen atoms in total. The first-order valence-corrected chi connectivity index (χ1v) is 10.1. The fraction of sp³-hybridized carbons (Fsp3) is 0.261. The molecule has 1 aliphatic heterocycles. The van der Waals surface area contributed by atoms with E-state index in [-0.39, 0.29) is 17.9 Å². The third-order valence-electron chi connectivity index (χ3n) is 5.25. The molecule has 0 fully saturated rings. The molecule has 0 saturated heterocycles. The minimum Gasteiger partial charge on any atom is -0.331 e. The third-order valence-corrected chi connectivity index (χ3v) is 6.25. The molecule has 3 heteroatoms. The summed E-state index contributed by atoms with van der Waals surface area (Å²) in [4.78, 5) is 16.7. The molecule has 2 atom stereocenters. The number of nitrogens with zero attached hydrogens (tertiary/aromatic N) is 1. The highest BCUT2D eigenvalue weighted by molar-refractivity contribution is 7.10. The van der Waals surface area contributed by atoms with Crippen LogP contribution in [0.1, 0.15) is 46.9 Å². The van der Waals surface area contributed by atoms with Gasteiger partial charge >= 0.3 is 0 Å². The van der Waals surface area contributed by atoms with Crippen LogP contribution in [0.2, 0.25) is 0 Å². The number of benzene rings is 2. The third kappa shape index (κ3) is 3.32. The molecule has 0 saturated carbocycles. The van der Waals surface area contributed by atoms with E-state index in [1.165, 1.54) is 21.6 Å². The van der Waals surface area contributed by atoms with Crippen LogP contribution in [0.15, 0.2) is 72.1 Å². The average molecular weight is 362 g/mol. The van der Waals surface area contributed by atoms with E-state index in [9.17, 15) is 4.79 Å². The van der Waals surface area contributed by atoms with Gasteiger partial charge in [0.1, 0.15) is 0 Å². The van der Waals surface area contributed by atoms with Crippen LogP contribution < -0.4 is 0 Å². The smallest absolute Gasteiger partial charge is 0.223 e. The van der Waals surface area contributed by atoms with E-state index in [4.69, 9.17) is 0 Å². The predicted octanol–water partition coefficient (Wildman–Crippen LogP) is 5.42. The zero-order valence-corrected chi connectivity index (χ0v) is 15.8. The number of thiophene rings is 1. The van der Waals surface area contributed by atoms with Gasteiger partial charge in [0.25, 0.3) is 0 Å². The monoisotopic (exact) mass is 361 g/mol. The van der Waals surface area contributed by atoms with Gasteiger partial charge in [0.15, 0.2) is 0 Å². The van der Waals surface area contributed by atoms with Crippen molar-refractivity contribution >= 4 is 17.2 Å². The number of carbonyl (C=O) groups excluding carboxylic acids is 1. The standard InChI is InChI=1S/C23H23NOS/c1-17(18-8-4-2-5-9-18)16-22(25)24-14-12-21-20(13-15-26-21)23(24)19-10-6-3-7-11-19/h2-11,13,15,17,23H,12,14,16H2,1H3/t17-,23-/m1/s1. The first kappa shape index (κ1) is 17.0. The summed E-state index contributed by atoms with van der Waals surface area (Å²) < 4.78 is 0. The van der Waals surface area contributed by atoms with Crippen molar-refractivity contribution in [2.24, 2.45) is 0 Å². The predicted molar refractivity (Wildman–Crippen MR) is 107 cm³/mol. The van der Waals surface area contributed by atoms with Crippen molar-refractivity contribution in [1.82, 2.24) is 4.90 Å². The second-order valence-electron chi connectivity index (χ2n) is 6.97. The van der Waals surface area contributed by atoms with Crippen molar-refractivity contribution < 1.29 is 4.79 Å². The first-order valence-electron chi connectivity index (χ1n) is 9.19. The summed E-state index contributed by atoms with van der Waals surface area (Å²) in [6, 6.07) is 23.0. The van der Waals surface area contributed by atoms with Crippen LogP contribution in [0.25, 0.3) is 0 Å². The Morgan fingerprint density at radius 2 is 1.77 bits per heavy atom. The summed E-state index contributed by atoms with van der Waals surface area (Å²) in [6.07, 6.45) is 1.51. The Morgan fingerprint density at radius 3 is 2.50 bits per heavy atom. The van der Waals surface area contributed by atoms with Crippen LogP contribution in [0.4, 0.5) is 0 Å². The minimum atomic E-state index is 0.0432. The molecule has 1 aromatic heterocycles. The maximum absolute atomic E-state index is 13.2. The van der Waals surface area contributed by atoms with E-state index in [1.807, 2.05) is 35.6 Å². The fourth-order valence-electron chi connectivity index (χ4n) is 3.86. The topological polar surface area (TPSA) is 20.3 Å². The van der Waals surface area contributed by atoms with Crippen LogP contribution in [-0.2, 0) is 11.2 Å². The van der Waals surface area contributed by atoms with Gasteiger partial charge in [-0.15, -0.1) is 11.3 Å². The van der Waals surface area contributed by atoms with Gasteiger partial charge in [0.2, 0.25) is 5.91 Å². The molecule has 2 aromatic carbocycles. The van der Waals surface area contributed by atoms with Crippen LogP contribution >= 0.6 is 11.3 Å². The highest BCUT2D eigenvalue weighted by Crippen LogP contribution is 2.38. The summed E-state index contributed by atoms with van der Waals surface area (Å²) in [6.45, 7) is 2.94. The van der Waals surface area contributed by atoms with Crippen molar-refractivity contribution in [3.63, 3.8) is 0 Å². The van der Waals surface area contributed by atoms with E-state index in [2.05, 4.69) is 59.7 Å². The highest BCUT2D eigenvalue weighted by Gasteiger charge is 2.33. The lowest BCUT2D eigenvalue weighted by atomic mass is 9.91. The Morgan fingerprint density at radius 1 is 1.08 bits per heavy atom. The maximum atomic E-state index is 13.2. The van der Waals surface area contributed by atoms with E-state index in [0.29, 0.717) is 6.42 Å². The van der Waals surface area contributed by atoms with Gasteiger partial charge in [-0.3, -0.25) is 4.79 Å². The van der Waals surface area contributed by atoms with Gasteiger partial charge < -0.3 is 4.90 Å². The molecular weight excluding hydrogens is 338 g/mol. The molecule has 0 radical (unpaired) electrons. The van der Waals surface area contributed by atoms with Crippen molar-refractivity contribution in [2.75, 3.05) is 6.54 Å². The SMILES string of the molecule is C[C@H](CC(=O)N1CCc2sccc2[C@H]1c1ccccc1)c1ccccc1. The van der Waals surface area contributed by atoms with Crippen LogP contribution in [0.5, 0.6) is 0 Å². The summed E-state index contributed by atoms with van der Waals surface area (Å²) >= 11 is 1.81. The van der Waals surface area contributed by atoms with Crippen molar-refractivity contribution in [3.8, 4) is 0 Å². The van der Waals surface area contributed by atoms with Crippen LogP contribution in [0.3, 0.4) is 0 Å². The molecule has 0 N–H and O–H groups in total. The highest BCUT2D eigenvalue weighted by atomic mass is 32.1. The molecule has 3 aromatic rings. The lowest BCUT2D eigenvalue weighted by molar-refractivity contribution is -0.133. The molecule has 2 heterocycles. The van der Waals surface area contributed by atoms with E-state index >= 15 is 0 Å². The molecule has 0 aliphatic carbocycles. The van der Waals surface area contributed by atoms with Gasteiger partial charge in [-0.05, 0) is 40.5 Å². The van der Waals surface area contributed by atoms with Crippen molar-refractivity contribution in [3.05, 3.63) is 93.7 Å². The lowest BCUT2D eigenvalue weighted by Crippen LogP contribution is -2.40. The van der Waals surface area contributed by atoms with Gasteiger partial charge in [0.05, 0.1) is 6.04 Å². The van der Waals surface area contributed by atoms with Gasteiger partial charge in [-0.25, -0.2) is 0 Å². The summed E-state index contributed by atoms with van der Waals surface area (Å²) in [5, 5.41) is 2.15. The Balaban J connectivity index is 1.61. The first-order chi connectivity index (χ1) is 12.7. The van der Waals surface area contributed by atoms with Gasteiger partial charge in [-0.1, -0.05) is 67.6 Å². The number of fused-ring (bicyclic) bond motifs is 1. The Hall–Kier alpha value is -2.39. The summed E-state index contributed by atoms with van der Waals surface area (Å²) in [5.74, 6) is 0.469.